The zero-order valence-electron chi connectivity index (χ0n) is 12.0. The van der Waals surface area contributed by atoms with Gasteiger partial charge in [-0.2, -0.15) is 0 Å². The Bertz CT molecular complexity index is 406. The topological polar surface area (TPSA) is 41.5 Å². The predicted octanol–water partition coefficient (Wildman–Crippen LogP) is 3.32. The van der Waals surface area contributed by atoms with Crippen molar-refractivity contribution in [2.45, 2.75) is 39.2 Å². The predicted molar refractivity (Wildman–Crippen MR) is 77.5 cm³/mol. The highest BCUT2D eigenvalue weighted by Gasteiger charge is 2.20. The molecule has 3 heteroatoms. The van der Waals surface area contributed by atoms with Gasteiger partial charge in [0.1, 0.15) is 0 Å². The molecule has 0 spiro atoms. The van der Waals surface area contributed by atoms with Gasteiger partial charge in [-0.3, -0.25) is 0 Å². The number of ether oxygens (including phenoxy) is 1. The van der Waals surface area contributed by atoms with E-state index in [1.807, 2.05) is 12.1 Å². The van der Waals surface area contributed by atoms with Crippen molar-refractivity contribution in [2.75, 3.05) is 13.7 Å². The Morgan fingerprint density at radius 3 is 2.84 bits per heavy atom. The van der Waals surface area contributed by atoms with E-state index in [9.17, 15) is 5.11 Å². The largest absolute Gasteiger partial charge is 0.504 e. The zero-order valence-corrected chi connectivity index (χ0v) is 12.0. The molecule has 2 unspecified atom stereocenters. The minimum absolute atomic E-state index is 0.259. The number of benzene rings is 1. The highest BCUT2D eigenvalue weighted by atomic mass is 16.5. The summed E-state index contributed by atoms with van der Waals surface area (Å²) in [6.07, 6.45) is 5.43. The molecule has 0 heterocycles. The maximum absolute atomic E-state index is 10.0. The SMILES string of the molecule is COc1cccc(CNCC2CCCCC2C)c1O. The van der Waals surface area contributed by atoms with Gasteiger partial charge in [0.25, 0.3) is 0 Å². The van der Waals surface area contributed by atoms with Crippen LogP contribution in [0.5, 0.6) is 11.5 Å². The third kappa shape index (κ3) is 3.63. The monoisotopic (exact) mass is 263 g/mol. The molecule has 2 rings (SSSR count). The zero-order chi connectivity index (χ0) is 13.7. The summed E-state index contributed by atoms with van der Waals surface area (Å²) >= 11 is 0. The lowest BCUT2D eigenvalue weighted by molar-refractivity contribution is 0.247. The molecule has 1 aromatic carbocycles. The van der Waals surface area contributed by atoms with Crippen LogP contribution < -0.4 is 10.1 Å². The van der Waals surface area contributed by atoms with Crippen molar-refractivity contribution < 1.29 is 9.84 Å². The lowest BCUT2D eigenvalue weighted by atomic mass is 9.80. The second kappa shape index (κ2) is 6.80. The van der Waals surface area contributed by atoms with Crippen LogP contribution in [0.4, 0.5) is 0 Å². The van der Waals surface area contributed by atoms with Gasteiger partial charge >= 0.3 is 0 Å². The molecular weight excluding hydrogens is 238 g/mol. The number of aromatic hydroxyl groups is 1. The molecule has 1 saturated carbocycles. The molecular formula is C16H25NO2. The molecule has 2 N–H and O–H groups in total. The summed E-state index contributed by atoms with van der Waals surface area (Å²) in [6.45, 7) is 4.10. The maximum Gasteiger partial charge on any atom is 0.162 e. The van der Waals surface area contributed by atoms with Crippen LogP contribution in [0.15, 0.2) is 18.2 Å². The number of nitrogens with one attached hydrogen (secondary N) is 1. The highest BCUT2D eigenvalue weighted by molar-refractivity contribution is 5.45. The van der Waals surface area contributed by atoms with Gasteiger partial charge in [0.15, 0.2) is 11.5 Å². The van der Waals surface area contributed by atoms with Gasteiger partial charge in [-0.05, 0) is 30.9 Å². The summed E-state index contributed by atoms with van der Waals surface area (Å²) in [7, 11) is 1.58. The van der Waals surface area contributed by atoms with Crippen molar-refractivity contribution in [2.24, 2.45) is 11.8 Å². The van der Waals surface area contributed by atoms with E-state index >= 15 is 0 Å². The second-order valence-electron chi connectivity index (χ2n) is 5.62. The van der Waals surface area contributed by atoms with E-state index in [1.54, 1.807) is 13.2 Å². The quantitative estimate of drug-likeness (QED) is 0.856. The van der Waals surface area contributed by atoms with Crippen LogP contribution in [-0.4, -0.2) is 18.8 Å². The van der Waals surface area contributed by atoms with E-state index in [4.69, 9.17) is 4.74 Å². The molecule has 19 heavy (non-hydrogen) atoms. The first-order chi connectivity index (χ1) is 9.22. The molecule has 0 amide bonds. The van der Waals surface area contributed by atoms with Crippen LogP contribution in [0, 0.1) is 11.8 Å². The maximum atomic E-state index is 10.0. The van der Waals surface area contributed by atoms with Gasteiger partial charge in [-0.1, -0.05) is 38.3 Å². The van der Waals surface area contributed by atoms with Crippen LogP contribution in [0.1, 0.15) is 38.2 Å². The summed E-state index contributed by atoms with van der Waals surface area (Å²) in [5.41, 5.74) is 0.905. The molecule has 0 radical (unpaired) electrons. The molecule has 1 aliphatic rings. The van der Waals surface area contributed by atoms with Crippen molar-refractivity contribution in [3.8, 4) is 11.5 Å². The first-order valence-corrected chi connectivity index (χ1v) is 7.28. The van der Waals surface area contributed by atoms with Crippen molar-refractivity contribution in [1.29, 1.82) is 0 Å². The molecule has 0 aromatic heterocycles. The Labute approximate surface area is 116 Å². The fourth-order valence-electron chi connectivity index (χ4n) is 2.96. The van der Waals surface area contributed by atoms with Crippen molar-refractivity contribution >= 4 is 0 Å². The van der Waals surface area contributed by atoms with E-state index in [2.05, 4.69) is 12.2 Å². The Morgan fingerprint density at radius 2 is 2.11 bits per heavy atom. The normalized spacial score (nSPS) is 23.3. The van der Waals surface area contributed by atoms with Crippen molar-refractivity contribution in [3.63, 3.8) is 0 Å². The van der Waals surface area contributed by atoms with E-state index < -0.39 is 0 Å². The molecule has 0 bridgehead atoms. The standard InChI is InChI=1S/C16H25NO2/c1-12-6-3-4-7-13(12)10-17-11-14-8-5-9-15(19-2)16(14)18/h5,8-9,12-13,17-18H,3-4,6-7,10-11H2,1-2H3. The second-order valence-corrected chi connectivity index (χ2v) is 5.62. The number of phenolic OH excluding ortho intramolecular Hbond substituents is 1. The minimum atomic E-state index is 0.259. The van der Waals surface area contributed by atoms with Crippen LogP contribution in [0.2, 0.25) is 0 Å². The lowest BCUT2D eigenvalue weighted by Crippen LogP contribution is -2.29. The average Bonchev–Trinajstić information content (AvgIpc) is 2.43. The Kier molecular flexibility index (Phi) is 5.08. The third-order valence-corrected chi connectivity index (χ3v) is 4.31. The van der Waals surface area contributed by atoms with Crippen molar-refractivity contribution in [3.05, 3.63) is 23.8 Å². The summed E-state index contributed by atoms with van der Waals surface area (Å²) in [4.78, 5) is 0. The first kappa shape index (κ1) is 14.2. The first-order valence-electron chi connectivity index (χ1n) is 7.28. The number of para-hydroxylation sites is 1. The molecule has 0 aliphatic heterocycles. The van der Waals surface area contributed by atoms with Crippen LogP contribution in [0.25, 0.3) is 0 Å². The number of rotatable bonds is 5. The fraction of sp³-hybridized carbons (Fsp3) is 0.625. The lowest BCUT2D eigenvalue weighted by Gasteiger charge is -2.29. The Morgan fingerprint density at radius 1 is 1.32 bits per heavy atom. The highest BCUT2D eigenvalue weighted by Crippen LogP contribution is 2.30. The Hall–Kier alpha value is -1.22. The molecule has 1 aromatic rings. The number of phenols is 1. The molecule has 2 atom stereocenters. The van der Waals surface area contributed by atoms with Crippen LogP contribution >= 0.6 is 0 Å². The van der Waals surface area contributed by atoms with Gasteiger partial charge in [0, 0.05) is 12.1 Å². The fourth-order valence-corrected chi connectivity index (χ4v) is 2.96. The molecule has 3 nitrogen and oxygen atoms in total. The van der Waals surface area contributed by atoms with Gasteiger partial charge in [-0.15, -0.1) is 0 Å². The average molecular weight is 263 g/mol. The summed E-state index contributed by atoms with van der Waals surface area (Å²) in [5, 5.41) is 13.5. The summed E-state index contributed by atoms with van der Waals surface area (Å²) < 4.78 is 5.12. The van der Waals surface area contributed by atoms with Gasteiger partial charge in [0.05, 0.1) is 7.11 Å². The smallest absolute Gasteiger partial charge is 0.162 e. The molecule has 1 aliphatic carbocycles. The third-order valence-electron chi connectivity index (χ3n) is 4.31. The molecule has 1 fully saturated rings. The Balaban J connectivity index is 1.85. The van der Waals surface area contributed by atoms with Gasteiger partial charge in [-0.25, -0.2) is 0 Å². The minimum Gasteiger partial charge on any atom is -0.504 e. The number of methoxy groups -OCH3 is 1. The van der Waals surface area contributed by atoms with Gasteiger partial charge < -0.3 is 15.2 Å². The van der Waals surface area contributed by atoms with E-state index in [0.717, 1.165) is 23.9 Å². The van der Waals surface area contributed by atoms with Crippen molar-refractivity contribution in [1.82, 2.24) is 5.32 Å². The molecule has 106 valence electrons. The van der Waals surface area contributed by atoms with Gasteiger partial charge in [0.2, 0.25) is 0 Å². The van der Waals surface area contributed by atoms with Crippen LogP contribution in [0.3, 0.4) is 0 Å². The van der Waals surface area contributed by atoms with E-state index in [1.165, 1.54) is 25.7 Å². The number of hydrogen-bond acceptors (Lipinski definition) is 3. The number of hydrogen-bond donors (Lipinski definition) is 2. The summed E-state index contributed by atoms with van der Waals surface area (Å²) in [5.74, 6) is 2.40. The molecule has 0 saturated heterocycles. The van der Waals surface area contributed by atoms with E-state index in [-0.39, 0.29) is 5.75 Å². The van der Waals surface area contributed by atoms with E-state index in [0.29, 0.717) is 12.3 Å². The van der Waals surface area contributed by atoms with Crippen LogP contribution in [-0.2, 0) is 6.54 Å². The summed E-state index contributed by atoms with van der Waals surface area (Å²) in [6, 6.07) is 5.63.